The van der Waals surface area contributed by atoms with Gasteiger partial charge in [-0.05, 0) is 31.9 Å². The molecule has 0 aliphatic carbocycles. The Labute approximate surface area is 139 Å². The summed E-state index contributed by atoms with van der Waals surface area (Å²) in [5, 5.41) is 12.7. The van der Waals surface area contributed by atoms with Crippen molar-refractivity contribution in [3.05, 3.63) is 63.8 Å². The maximum Gasteiger partial charge on any atom is 0.343 e. The Morgan fingerprint density at radius 1 is 1.38 bits per heavy atom. The molecule has 0 radical (unpaired) electrons. The first-order valence-corrected chi connectivity index (χ1v) is 7.94. The summed E-state index contributed by atoms with van der Waals surface area (Å²) in [6.07, 6.45) is 3.02. The minimum absolute atomic E-state index is 0.134. The van der Waals surface area contributed by atoms with Crippen LogP contribution in [0.4, 0.5) is 5.69 Å². The van der Waals surface area contributed by atoms with Crippen LogP contribution >= 0.6 is 0 Å². The van der Waals surface area contributed by atoms with Gasteiger partial charge in [-0.15, -0.1) is 0 Å². The highest BCUT2D eigenvalue weighted by Gasteiger charge is 2.27. The number of rotatable bonds is 4. The Morgan fingerprint density at radius 2 is 2.08 bits per heavy atom. The number of aromatic nitrogens is 2. The molecule has 1 atom stereocenters. The number of allylic oxidation sites excluding steroid dienone is 1. The summed E-state index contributed by atoms with van der Waals surface area (Å²) < 4.78 is 1.48. The number of aromatic carboxylic acids is 1. The van der Waals surface area contributed by atoms with Crippen LogP contribution in [-0.2, 0) is 6.42 Å². The Kier molecular flexibility index (Phi) is 4.20. The van der Waals surface area contributed by atoms with Gasteiger partial charge in [0.2, 0.25) is 0 Å². The minimum Gasteiger partial charge on any atom is -0.477 e. The normalized spacial score (nSPS) is 16.2. The van der Waals surface area contributed by atoms with Gasteiger partial charge in [-0.25, -0.2) is 9.78 Å². The largest absolute Gasteiger partial charge is 0.477 e. The molecule has 124 valence electrons. The van der Waals surface area contributed by atoms with Crippen molar-refractivity contribution in [1.29, 1.82) is 0 Å². The van der Waals surface area contributed by atoms with E-state index in [2.05, 4.69) is 10.3 Å². The molecule has 1 aliphatic rings. The van der Waals surface area contributed by atoms with Crippen LogP contribution in [0.1, 0.15) is 48.2 Å². The molecular weight excluding hydrogens is 306 g/mol. The number of carbonyl (C=O) groups is 1. The molecule has 0 fully saturated rings. The summed E-state index contributed by atoms with van der Waals surface area (Å²) in [6.45, 7) is 3.69. The lowest BCUT2D eigenvalue weighted by Gasteiger charge is -2.26. The van der Waals surface area contributed by atoms with Crippen LogP contribution in [0.25, 0.3) is 5.70 Å². The van der Waals surface area contributed by atoms with E-state index in [4.69, 9.17) is 0 Å². The first-order valence-electron chi connectivity index (χ1n) is 7.94. The van der Waals surface area contributed by atoms with Crippen molar-refractivity contribution >= 4 is 17.4 Å². The SMILES string of the molecule is CCc1nc2n(c(=O)c1C(=O)O)C(C)CC=C2Nc1ccccc1. The summed E-state index contributed by atoms with van der Waals surface area (Å²) >= 11 is 0. The fourth-order valence-electron chi connectivity index (χ4n) is 2.92. The summed E-state index contributed by atoms with van der Waals surface area (Å²) in [6, 6.07) is 9.47. The van der Waals surface area contributed by atoms with E-state index in [0.29, 0.717) is 24.4 Å². The third-order valence-electron chi connectivity index (χ3n) is 4.14. The molecule has 1 aliphatic heterocycles. The number of aryl methyl sites for hydroxylation is 1. The molecule has 2 aromatic rings. The smallest absolute Gasteiger partial charge is 0.343 e. The van der Waals surface area contributed by atoms with Gasteiger partial charge in [0.25, 0.3) is 5.56 Å². The predicted octanol–water partition coefficient (Wildman–Crippen LogP) is 2.92. The molecule has 0 saturated carbocycles. The van der Waals surface area contributed by atoms with E-state index in [1.165, 1.54) is 4.57 Å². The molecule has 6 nitrogen and oxygen atoms in total. The number of benzene rings is 1. The van der Waals surface area contributed by atoms with Crippen molar-refractivity contribution in [3.63, 3.8) is 0 Å². The van der Waals surface area contributed by atoms with Crippen LogP contribution in [0.2, 0.25) is 0 Å². The third kappa shape index (κ3) is 2.71. The summed E-state index contributed by atoms with van der Waals surface area (Å²) in [5.41, 5.74) is 1.21. The standard InChI is InChI=1S/C18H19N3O3/c1-3-13-15(18(23)24)17(22)21-11(2)9-10-14(16(21)20-13)19-12-7-5-4-6-8-12/h4-8,10-11,19H,3,9H2,1-2H3,(H,23,24). The molecule has 2 heterocycles. The van der Waals surface area contributed by atoms with Crippen molar-refractivity contribution in [2.45, 2.75) is 32.7 Å². The molecule has 2 N–H and O–H groups in total. The highest BCUT2D eigenvalue weighted by Crippen LogP contribution is 2.27. The van der Waals surface area contributed by atoms with Gasteiger partial charge in [0.05, 0.1) is 11.4 Å². The zero-order valence-corrected chi connectivity index (χ0v) is 13.6. The zero-order valence-electron chi connectivity index (χ0n) is 13.6. The molecule has 1 unspecified atom stereocenters. The molecule has 0 spiro atoms. The first-order chi connectivity index (χ1) is 11.5. The zero-order chi connectivity index (χ0) is 17.3. The number of carboxylic acid groups (broad SMARTS) is 1. The van der Waals surface area contributed by atoms with Gasteiger partial charge in [-0.3, -0.25) is 9.36 Å². The van der Waals surface area contributed by atoms with Gasteiger partial charge in [0, 0.05) is 11.7 Å². The lowest BCUT2D eigenvalue weighted by atomic mass is 10.1. The maximum absolute atomic E-state index is 12.7. The lowest BCUT2D eigenvalue weighted by molar-refractivity contribution is 0.0692. The van der Waals surface area contributed by atoms with E-state index in [-0.39, 0.29) is 11.6 Å². The second kappa shape index (κ2) is 6.31. The van der Waals surface area contributed by atoms with Crippen molar-refractivity contribution in [3.8, 4) is 0 Å². The second-order valence-corrected chi connectivity index (χ2v) is 5.78. The van der Waals surface area contributed by atoms with Crippen LogP contribution in [0, 0.1) is 0 Å². The van der Waals surface area contributed by atoms with Gasteiger partial charge in [0.1, 0.15) is 5.56 Å². The Morgan fingerprint density at radius 3 is 2.71 bits per heavy atom. The van der Waals surface area contributed by atoms with E-state index < -0.39 is 11.5 Å². The van der Waals surface area contributed by atoms with Crippen LogP contribution in [0.5, 0.6) is 0 Å². The quantitative estimate of drug-likeness (QED) is 0.903. The number of nitrogens with one attached hydrogen (secondary N) is 1. The average Bonchev–Trinajstić information content (AvgIpc) is 2.57. The number of anilines is 1. The maximum atomic E-state index is 12.7. The van der Waals surface area contributed by atoms with E-state index in [1.807, 2.05) is 43.3 Å². The molecule has 0 bridgehead atoms. The van der Waals surface area contributed by atoms with Gasteiger partial charge >= 0.3 is 5.97 Å². The number of para-hydroxylation sites is 1. The molecule has 6 heteroatoms. The number of hydrogen-bond donors (Lipinski definition) is 2. The molecule has 1 aromatic heterocycles. The van der Waals surface area contributed by atoms with Gasteiger partial charge in [-0.1, -0.05) is 31.2 Å². The first kappa shape index (κ1) is 16.0. The highest BCUT2D eigenvalue weighted by molar-refractivity contribution is 5.89. The minimum atomic E-state index is -1.22. The molecular formula is C18H19N3O3. The number of fused-ring (bicyclic) bond motifs is 1. The Bertz CT molecular complexity index is 869. The van der Waals surface area contributed by atoms with Crippen molar-refractivity contribution in [2.75, 3.05) is 5.32 Å². The van der Waals surface area contributed by atoms with Gasteiger partial charge < -0.3 is 10.4 Å². The fraction of sp³-hybridized carbons (Fsp3) is 0.278. The molecule has 24 heavy (non-hydrogen) atoms. The molecule has 0 saturated heterocycles. The fourth-order valence-corrected chi connectivity index (χ4v) is 2.92. The second-order valence-electron chi connectivity index (χ2n) is 5.78. The summed E-state index contributed by atoms with van der Waals surface area (Å²) in [4.78, 5) is 28.7. The molecule has 3 rings (SSSR count). The average molecular weight is 325 g/mol. The Hall–Kier alpha value is -2.89. The van der Waals surface area contributed by atoms with Crippen molar-refractivity contribution < 1.29 is 9.90 Å². The summed E-state index contributed by atoms with van der Waals surface area (Å²) in [7, 11) is 0. The molecule has 0 amide bonds. The lowest BCUT2D eigenvalue weighted by Crippen LogP contribution is -2.36. The van der Waals surface area contributed by atoms with Crippen molar-refractivity contribution in [1.82, 2.24) is 9.55 Å². The van der Waals surface area contributed by atoms with Crippen LogP contribution in [0.3, 0.4) is 0 Å². The topological polar surface area (TPSA) is 84.2 Å². The van der Waals surface area contributed by atoms with Crippen LogP contribution in [0.15, 0.2) is 41.2 Å². The van der Waals surface area contributed by atoms with Gasteiger partial charge in [0.15, 0.2) is 5.82 Å². The Balaban J connectivity index is 2.15. The number of nitrogens with zero attached hydrogens (tertiary/aromatic N) is 2. The number of hydrogen-bond acceptors (Lipinski definition) is 4. The third-order valence-corrected chi connectivity index (χ3v) is 4.14. The van der Waals surface area contributed by atoms with Crippen LogP contribution in [-0.4, -0.2) is 20.6 Å². The highest BCUT2D eigenvalue weighted by atomic mass is 16.4. The predicted molar refractivity (Wildman–Crippen MR) is 92.2 cm³/mol. The number of carboxylic acids is 1. The van der Waals surface area contributed by atoms with E-state index in [1.54, 1.807) is 6.92 Å². The summed E-state index contributed by atoms with van der Waals surface area (Å²) in [5.74, 6) is -0.733. The van der Waals surface area contributed by atoms with E-state index >= 15 is 0 Å². The van der Waals surface area contributed by atoms with Crippen molar-refractivity contribution in [2.24, 2.45) is 0 Å². The van der Waals surface area contributed by atoms with E-state index in [9.17, 15) is 14.7 Å². The van der Waals surface area contributed by atoms with Gasteiger partial charge in [-0.2, -0.15) is 0 Å². The van der Waals surface area contributed by atoms with Crippen LogP contribution < -0.4 is 10.9 Å². The monoisotopic (exact) mass is 325 g/mol. The van der Waals surface area contributed by atoms with E-state index in [0.717, 1.165) is 11.4 Å². The molecule has 1 aromatic carbocycles.